The summed E-state index contributed by atoms with van der Waals surface area (Å²) in [6.07, 6.45) is 2.58. The lowest BCUT2D eigenvalue weighted by Gasteiger charge is -2.36. The van der Waals surface area contributed by atoms with Crippen molar-refractivity contribution in [2.75, 3.05) is 67.3 Å². The van der Waals surface area contributed by atoms with Crippen molar-refractivity contribution < 1.29 is 13.9 Å². The fourth-order valence-electron chi connectivity index (χ4n) is 4.88. The molecule has 39 heavy (non-hydrogen) atoms. The van der Waals surface area contributed by atoms with Crippen molar-refractivity contribution in [3.05, 3.63) is 84.7 Å². The number of hydrogen-bond donors (Lipinski definition) is 3. The normalized spacial score (nSPS) is 16.8. The van der Waals surface area contributed by atoms with Crippen molar-refractivity contribution in [1.82, 2.24) is 4.90 Å². The van der Waals surface area contributed by atoms with Gasteiger partial charge in [-0.15, -0.1) is 0 Å². The van der Waals surface area contributed by atoms with E-state index >= 15 is 4.39 Å². The number of para-hydroxylation sites is 1. The van der Waals surface area contributed by atoms with Gasteiger partial charge >= 0.3 is 0 Å². The number of methoxy groups -OCH3 is 1. The first-order valence-corrected chi connectivity index (χ1v) is 13.0. The lowest BCUT2D eigenvalue weighted by molar-refractivity contribution is -0.111. The molecule has 0 aliphatic carbocycles. The van der Waals surface area contributed by atoms with E-state index in [0.717, 1.165) is 55.1 Å². The molecule has 0 aromatic heterocycles. The van der Waals surface area contributed by atoms with E-state index in [1.165, 1.54) is 12.1 Å². The van der Waals surface area contributed by atoms with Crippen LogP contribution < -0.4 is 20.9 Å². The molecule has 3 N–H and O–H groups in total. The minimum atomic E-state index is -0.475. The molecule has 1 fully saturated rings. The Balaban J connectivity index is 1.27. The van der Waals surface area contributed by atoms with Crippen LogP contribution in [0.5, 0.6) is 0 Å². The highest BCUT2D eigenvalue weighted by Crippen LogP contribution is 2.34. The van der Waals surface area contributed by atoms with Crippen LogP contribution >= 0.6 is 0 Å². The Morgan fingerprint density at radius 1 is 1.13 bits per heavy atom. The minimum Gasteiger partial charge on any atom is -0.383 e. The summed E-state index contributed by atoms with van der Waals surface area (Å²) in [6.45, 7) is 8.43. The first kappa shape index (κ1) is 26.4. The van der Waals surface area contributed by atoms with Gasteiger partial charge in [0.25, 0.3) is 0 Å². The van der Waals surface area contributed by atoms with Crippen LogP contribution in [0.25, 0.3) is 11.1 Å². The van der Waals surface area contributed by atoms with Crippen LogP contribution in [0, 0.1) is 5.82 Å². The molecule has 1 saturated heterocycles. The van der Waals surface area contributed by atoms with Gasteiger partial charge in [-0.25, -0.2) is 9.38 Å². The van der Waals surface area contributed by atoms with Crippen molar-refractivity contribution in [3.63, 3.8) is 0 Å². The number of hydrogen-bond acceptors (Lipinski definition) is 7. The van der Waals surface area contributed by atoms with Crippen LogP contribution in [0.2, 0.25) is 0 Å². The van der Waals surface area contributed by atoms with Gasteiger partial charge in [0.1, 0.15) is 5.82 Å². The third-order valence-corrected chi connectivity index (χ3v) is 6.94. The zero-order valence-electron chi connectivity index (χ0n) is 22.0. The van der Waals surface area contributed by atoms with Crippen LogP contribution in [-0.4, -0.2) is 69.8 Å². The number of fused-ring (bicyclic) bond motifs is 1. The molecule has 2 aliphatic rings. The summed E-state index contributed by atoms with van der Waals surface area (Å²) >= 11 is 0. The van der Waals surface area contributed by atoms with Crippen molar-refractivity contribution in [1.29, 1.82) is 0 Å². The molecule has 8 nitrogen and oxygen atoms in total. The Hall–Kier alpha value is -4.21. The molecule has 0 saturated carbocycles. The van der Waals surface area contributed by atoms with Gasteiger partial charge in [0.2, 0.25) is 5.91 Å². The second kappa shape index (κ2) is 12.1. The minimum absolute atomic E-state index is 0.260. The highest BCUT2D eigenvalue weighted by molar-refractivity contribution is 6.00. The van der Waals surface area contributed by atoms with Gasteiger partial charge in [-0.3, -0.25) is 9.69 Å². The molecule has 1 atom stereocenters. The lowest BCUT2D eigenvalue weighted by Crippen LogP contribution is -2.47. The zero-order chi connectivity index (χ0) is 27.2. The van der Waals surface area contributed by atoms with E-state index in [1.54, 1.807) is 7.11 Å². The average molecular weight is 529 g/mol. The van der Waals surface area contributed by atoms with Gasteiger partial charge in [-0.2, -0.15) is 0 Å². The largest absolute Gasteiger partial charge is 0.383 e. The van der Waals surface area contributed by atoms with Crippen molar-refractivity contribution in [2.45, 2.75) is 6.29 Å². The summed E-state index contributed by atoms with van der Waals surface area (Å²) in [6, 6.07) is 18.8. The van der Waals surface area contributed by atoms with Crippen molar-refractivity contribution in [2.24, 2.45) is 4.99 Å². The van der Waals surface area contributed by atoms with E-state index in [0.29, 0.717) is 23.7 Å². The second-order valence-corrected chi connectivity index (χ2v) is 9.50. The molecule has 3 aromatic carbocycles. The van der Waals surface area contributed by atoms with E-state index in [4.69, 9.17) is 4.74 Å². The molecular weight excluding hydrogens is 495 g/mol. The maximum absolute atomic E-state index is 15.2. The molecule has 9 heteroatoms. The Kier molecular flexibility index (Phi) is 8.19. The molecule has 2 aliphatic heterocycles. The standard InChI is InChI=1S/C30H33FN6O2/c1-3-28(38)33-23-8-4-6-21(18-23)25-9-5-7-22-20-32-30(35-29(22)25)34-24-10-11-27(26(31)19-24)37-14-12-36(13-15-37)16-17-39-2/h3-11,18-20,30,34-35H,1,12-17H2,2H3,(H,33,38). The molecule has 0 radical (unpaired) electrons. The molecular formula is C30H33FN6O2. The number of carbonyl (C=O) groups is 1. The van der Waals surface area contributed by atoms with E-state index in [9.17, 15) is 4.79 Å². The molecule has 3 aromatic rings. The van der Waals surface area contributed by atoms with Gasteiger partial charge in [0.05, 0.1) is 18.0 Å². The Morgan fingerprint density at radius 2 is 1.95 bits per heavy atom. The fourth-order valence-corrected chi connectivity index (χ4v) is 4.88. The summed E-state index contributed by atoms with van der Waals surface area (Å²) < 4.78 is 20.3. The van der Waals surface area contributed by atoms with Crippen LogP contribution in [0.4, 0.5) is 27.1 Å². The van der Waals surface area contributed by atoms with Crippen LogP contribution in [0.15, 0.2) is 78.3 Å². The monoisotopic (exact) mass is 528 g/mol. The first-order valence-electron chi connectivity index (χ1n) is 13.0. The van der Waals surface area contributed by atoms with E-state index in [1.807, 2.05) is 60.8 Å². The summed E-state index contributed by atoms with van der Waals surface area (Å²) in [5, 5.41) is 9.54. The number of carbonyl (C=O) groups excluding carboxylic acids is 1. The van der Waals surface area contributed by atoms with Gasteiger partial charge in [0.15, 0.2) is 6.29 Å². The number of nitrogens with zero attached hydrogens (tertiary/aromatic N) is 3. The molecule has 1 amide bonds. The topological polar surface area (TPSA) is 81.2 Å². The van der Waals surface area contributed by atoms with E-state index in [2.05, 4.69) is 37.3 Å². The number of amides is 1. The highest BCUT2D eigenvalue weighted by atomic mass is 19.1. The van der Waals surface area contributed by atoms with Crippen LogP contribution in [-0.2, 0) is 9.53 Å². The highest BCUT2D eigenvalue weighted by Gasteiger charge is 2.21. The average Bonchev–Trinajstić information content (AvgIpc) is 2.96. The molecule has 1 unspecified atom stereocenters. The Labute approximate surface area is 228 Å². The summed E-state index contributed by atoms with van der Waals surface area (Å²) in [5.41, 5.74) is 5.68. The number of rotatable bonds is 9. The molecule has 0 spiro atoms. The van der Waals surface area contributed by atoms with Crippen molar-refractivity contribution >= 4 is 34.9 Å². The predicted molar refractivity (Wildman–Crippen MR) is 156 cm³/mol. The summed E-state index contributed by atoms with van der Waals surface area (Å²) in [4.78, 5) is 20.8. The number of nitrogens with one attached hydrogen (secondary N) is 3. The van der Waals surface area contributed by atoms with E-state index < -0.39 is 6.29 Å². The van der Waals surface area contributed by atoms with Gasteiger partial charge in [-0.05, 0) is 42.0 Å². The second-order valence-electron chi connectivity index (χ2n) is 9.50. The predicted octanol–water partition coefficient (Wildman–Crippen LogP) is 4.63. The maximum Gasteiger partial charge on any atom is 0.247 e. The Morgan fingerprint density at radius 3 is 2.72 bits per heavy atom. The molecule has 2 heterocycles. The van der Waals surface area contributed by atoms with Crippen molar-refractivity contribution in [3.8, 4) is 11.1 Å². The maximum atomic E-state index is 15.2. The fraction of sp³-hybridized carbons (Fsp3) is 0.267. The quantitative estimate of drug-likeness (QED) is 0.352. The summed E-state index contributed by atoms with van der Waals surface area (Å²) in [5.74, 6) is -0.524. The van der Waals surface area contributed by atoms with Gasteiger partial charge in [-0.1, -0.05) is 36.9 Å². The van der Waals surface area contributed by atoms with Gasteiger partial charge in [0, 0.05) is 68.5 Å². The zero-order valence-corrected chi connectivity index (χ0v) is 22.0. The third kappa shape index (κ3) is 6.27. The number of piperazine rings is 1. The number of benzene rings is 3. The number of halogens is 1. The smallest absolute Gasteiger partial charge is 0.247 e. The number of anilines is 4. The molecule has 0 bridgehead atoms. The lowest BCUT2D eigenvalue weighted by atomic mass is 9.99. The SMILES string of the molecule is C=CC(=O)Nc1cccc(-c2cccc3c2NC(Nc2ccc(N4CCN(CCOC)CC4)c(F)c2)N=C3)c1. The summed E-state index contributed by atoms with van der Waals surface area (Å²) in [7, 11) is 1.71. The number of aliphatic imine (C=N–C) groups is 1. The Bertz CT molecular complexity index is 1370. The number of ether oxygens (including phenoxy) is 1. The van der Waals surface area contributed by atoms with E-state index in [-0.39, 0.29) is 11.7 Å². The first-order chi connectivity index (χ1) is 19.0. The molecule has 5 rings (SSSR count). The van der Waals surface area contributed by atoms with Gasteiger partial charge < -0.3 is 25.6 Å². The van der Waals surface area contributed by atoms with Crippen LogP contribution in [0.1, 0.15) is 5.56 Å². The third-order valence-electron chi connectivity index (χ3n) is 6.94. The molecule has 202 valence electrons. The van der Waals surface area contributed by atoms with Crippen LogP contribution in [0.3, 0.4) is 0 Å².